The maximum Gasteiger partial charge on any atom is 0.261 e. The molecule has 0 saturated heterocycles. The number of rotatable bonds is 4. The van der Waals surface area contributed by atoms with Crippen LogP contribution in [0.5, 0.6) is 0 Å². The number of nitrogens with zero attached hydrogens (tertiary/aromatic N) is 6. The molecule has 172 valence electrons. The Morgan fingerprint density at radius 3 is 1.71 bits per heavy atom. The highest BCUT2D eigenvalue weighted by molar-refractivity contribution is 6.32. The van der Waals surface area contributed by atoms with Crippen LogP contribution in [0.1, 0.15) is 20.8 Å². The van der Waals surface area contributed by atoms with Crippen molar-refractivity contribution >= 4 is 46.2 Å². The van der Waals surface area contributed by atoms with Gasteiger partial charge in [-0.3, -0.25) is 14.4 Å². The van der Waals surface area contributed by atoms with Crippen LogP contribution in [0.15, 0.2) is 76.0 Å². The summed E-state index contributed by atoms with van der Waals surface area (Å²) in [6.45, 7) is 5.13. The quantitative estimate of drug-likeness (QED) is 0.707. The Bertz CT molecular complexity index is 1290. The first-order chi connectivity index (χ1) is 16.3. The van der Waals surface area contributed by atoms with Gasteiger partial charge in [-0.05, 0) is 45.0 Å². The molecule has 0 radical (unpaired) electrons. The van der Waals surface area contributed by atoms with Gasteiger partial charge in [-0.2, -0.15) is 20.3 Å². The molecule has 3 aliphatic rings. The van der Waals surface area contributed by atoms with E-state index in [-0.39, 0.29) is 11.8 Å². The topological polar surface area (TPSA) is 98.0 Å². The van der Waals surface area contributed by atoms with E-state index in [2.05, 4.69) is 15.3 Å². The summed E-state index contributed by atoms with van der Waals surface area (Å²) in [5.41, 5.74) is 0.851. The minimum atomic E-state index is -1.58. The molecule has 9 heteroatoms. The molecular weight excluding hydrogens is 432 g/mol. The summed E-state index contributed by atoms with van der Waals surface area (Å²) in [6.07, 6.45) is 0. The molecule has 3 amide bonds. The van der Waals surface area contributed by atoms with Gasteiger partial charge in [-0.1, -0.05) is 36.4 Å². The van der Waals surface area contributed by atoms with Gasteiger partial charge in [0.15, 0.2) is 0 Å². The third kappa shape index (κ3) is 2.86. The molecule has 0 fully saturated rings. The first-order valence-corrected chi connectivity index (χ1v) is 11.0. The summed E-state index contributed by atoms with van der Waals surface area (Å²) in [7, 11) is 1.55. The van der Waals surface area contributed by atoms with Gasteiger partial charge >= 0.3 is 0 Å². The predicted octanol–water partition coefficient (Wildman–Crippen LogP) is 2.90. The highest BCUT2D eigenvalue weighted by atomic mass is 16.2. The highest BCUT2D eigenvalue weighted by Crippen LogP contribution is 2.50. The maximum atomic E-state index is 14.3. The summed E-state index contributed by atoms with van der Waals surface area (Å²) in [5.74, 6) is -3.16. The zero-order valence-electron chi connectivity index (χ0n) is 19.3. The zero-order valence-corrected chi connectivity index (χ0v) is 19.3. The first-order valence-electron chi connectivity index (χ1n) is 11.0. The lowest BCUT2D eigenvalue weighted by molar-refractivity contribution is -0.140. The average molecular weight is 457 g/mol. The number of hydrogen-bond acceptors (Lipinski definition) is 6. The fourth-order valence-corrected chi connectivity index (χ4v) is 5.26. The Kier molecular flexibility index (Phi) is 4.93. The van der Waals surface area contributed by atoms with Gasteiger partial charge in [0.25, 0.3) is 17.7 Å². The Balaban J connectivity index is 1.69. The van der Waals surface area contributed by atoms with Crippen molar-refractivity contribution < 1.29 is 14.4 Å². The normalized spacial score (nSPS) is 26.9. The molecule has 0 N–H and O–H groups in total. The molecule has 0 bridgehead atoms. The van der Waals surface area contributed by atoms with Crippen LogP contribution < -0.4 is 10.0 Å². The average Bonchev–Trinajstić information content (AvgIpc) is 3.38. The molecule has 3 aliphatic heterocycles. The Hall–Kier alpha value is -4.14. The first kappa shape index (κ1) is 21.7. The molecule has 0 unspecified atom stereocenters. The maximum absolute atomic E-state index is 14.3. The van der Waals surface area contributed by atoms with Gasteiger partial charge < -0.3 is 0 Å². The summed E-state index contributed by atoms with van der Waals surface area (Å²) in [6, 6.07) is 18.0. The van der Waals surface area contributed by atoms with Crippen molar-refractivity contribution in [1.29, 1.82) is 0 Å². The lowest BCUT2D eigenvalue weighted by Gasteiger charge is -2.37. The van der Waals surface area contributed by atoms with E-state index in [9.17, 15) is 14.4 Å². The Morgan fingerprint density at radius 2 is 1.18 bits per heavy atom. The van der Waals surface area contributed by atoms with Crippen LogP contribution in [-0.2, 0) is 14.4 Å². The molecule has 5 rings (SSSR count). The number of anilines is 2. The van der Waals surface area contributed by atoms with Crippen LogP contribution >= 0.6 is 0 Å². The molecule has 9 nitrogen and oxygen atoms in total. The summed E-state index contributed by atoms with van der Waals surface area (Å²) < 4.78 is 0. The van der Waals surface area contributed by atoms with Gasteiger partial charge in [-0.15, -0.1) is 0 Å². The minimum absolute atomic E-state index is 0.353. The van der Waals surface area contributed by atoms with Crippen LogP contribution in [0.2, 0.25) is 0 Å². The number of carbonyl (C=O) groups excluding carboxylic acids is 3. The van der Waals surface area contributed by atoms with Crippen molar-refractivity contribution in [3.63, 3.8) is 0 Å². The van der Waals surface area contributed by atoms with Crippen LogP contribution in [0.4, 0.5) is 11.4 Å². The third-order valence-electron chi connectivity index (χ3n) is 6.73. The van der Waals surface area contributed by atoms with Crippen LogP contribution in [0, 0.1) is 17.3 Å². The third-order valence-corrected chi connectivity index (χ3v) is 6.73. The fraction of sp³-hybridized carbons (Fsp3) is 0.280. The second-order valence-electron chi connectivity index (χ2n) is 8.70. The van der Waals surface area contributed by atoms with Crippen molar-refractivity contribution in [2.75, 3.05) is 17.1 Å². The van der Waals surface area contributed by atoms with E-state index < -0.39 is 23.2 Å². The van der Waals surface area contributed by atoms with Gasteiger partial charge in [0.05, 0.1) is 17.1 Å². The van der Waals surface area contributed by atoms with Gasteiger partial charge in [0, 0.05) is 18.5 Å². The Labute approximate surface area is 197 Å². The molecule has 0 aromatic heterocycles. The summed E-state index contributed by atoms with van der Waals surface area (Å²) >= 11 is 0. The number of benzene rings is 2. The number of para-hydroxylation sites is 2. The van der Waals surface area contributed by atoms with E-state index in [1.807, 2.05) is 24.3 Å². The van der Waals surface area contributed by atoms with Crippen molar-refractivity contribution in [2.24, 2.45) is 32.6 Å². The van der Waals surface area contributed by atoms with Crippen molar-refractivity contribution in [3.05, 3.63) is 60.7 Å². The van der Waals surface area contributed by atoms with Gasteiger partial charge in [0.2, 0.25) is 0 Å². The van der Waals surface area contributed by atoms with Crippen molar-refractivity contribution in [1.82, 2.24) is 5.01 Å². The number of carbonyl (C=O) groups is 3. The molecule has 0 aliphatic carbocycles. The van der Waals surface area contributed by atoms with Gasteiger partial charge in [-0.25, -0.2) is 10.0 Å². The van der Waals surface area contributed by atoms with Gasteiger partial charge in [0.1, 0.15) is 17.3 Å². The largest absolute Gasteiger partial charge is 0.272 e. The van der Waals surface area contributed by atoms with E-state index in [4.69, 9.17) is 0 Å². The zero-order chi connectivity index (χ0) is 24.2. The summed E-state index contributed by atoms with van der Waals surface area (Å²) in [4.78, 5) is 41.6. The van der Waals surface area contributed by atoms with Crippen LogP contribution in [0.3, 0.4) is 0 Å². The van der Waals surface area contributed by atoms with Crippen LogP contribution in [-0.4, -0.2) is 46.9 Å². The molecule has 34 heavy (non-hydrogen) atoms. The lowest BCUT2D eigenvalue weighted by atomic mass is 9.60. The molecule has 2 aromatic rings. The Morgan fingerprint density at radius 1 is 0.676 bits per heavy atom. The smallest absolute Gasteiger partial charge is 0.261 e. The molecule has 0 saturated carbocycles. The molecule has 3 heterocycles. The summed E-state index contributed by atoms with van der Waals surface area (Å²) in [5, 5.41) is 17.3. The highest BCUT2D eigenvalue weighted by Gasteiger charge is 2.68. The monoisotopic (exact) mass is 456 g/mol. The number of amides is 3. The van der Waals surface area contributed by atoms with Crippen molar-refractivity contribution in [3.8, 4) is 0 Å². The molecule has 2 aromatic carbocycles. The standard InChI is InChI=1S/C25H24N6O3/c1-15-20(22(32)29(4)26-15)25(17(3)28-31(24(25)34)19-13-9-6-10-14-19)21-16(2)27-30(23(21)33)18-11-7-5-8-12-18/h5-14,20-21H,1-4H3/t20-,21-,25+/m1/s1. The van der Waals surface area contributed by atoms with E-state index in [1.165, 1.54) is 15.0 Å². The second kappa shape index (κ2) is 7.72. The van der Waals surface area contributed by atoms with E-state index in [0.717, 1.165) is 0 Å². The molecule has 0 spiro atoms. The number of hydrazone groups is 3. The van der Waals surface area contributed by atoms with Crippen molar-refractivity contribution in [2.45, 2.75) is 20.8 Å². The molecular formula is C25H24N6O3. The van der Waals surface area contributed by atoms with E-state index >= 15 is 0 Å². The molecule has 3 atom stereocenters. The fourth-order valence-electron chi connectivity index (χ4n) is 5.26. The number of hydrogen-bond donors (Lipinski definition) is 0. The predicted molar refractivity (Wildman–Crippen MR) is 129 cm³/mol. The minimum Gasteiger partial charge on any atom is -0.272 e. The second-order valence-corrected chi connectivity index (χ2v) is 8.70. The van der Waals surface area contributed by atoms with E-state index in [0.29, 0.717) is 28.5 Å². The van der Waals surface area contributed by atoms with Crippen LogP contribution in [0.25, 0.3) is 0 Å². The SMILES string of the molecule is CC1=NN(C)C(=O)[C@@H]1[C@@]1([C@H]2C(=O)N(c3ccccc3)N=C2C)C(=O)N(c2ccccc2)N=C1C. The van der Waals surface area contributed by atoms with E-state index in [1.54, 1.807) is 64.2 Å². The lowest BCUT2D eigenvalue weighted by Crippen LogP contribution is -2.58.